The summed E-state index contributed by atoms with van der Waals surface area (Å²) >= 11 is 0. The van der Waals surface area contributed by atoms with E-state index in [1.165, 1.54) is 0 Å². The smallest absolute Gasteiger partial charge is 0.223 e. The van der Waals surface area contributed by atoms with Gasteiger partial charge in [-0.25, -0.2) is 4.98 Å². The number of rotatable bonds is 4. The molecule has 0 radical (unpaired) electrons. The molecule has 2 amide bonds. The minimum absolute atomic E-state index is 0.000481. The van der Waals surface area contributed by atoms with Crippen LogP contribution in [0.2, 0.25) is 0 Å². The zero-order chi connectivity index (χ0) is 18.0. The zero-order valence-electron chi connectivity index (χ0n) is 15.2. The van der Waals surface area contributed by atoms with Gasteiger partial charge in [0.25, 0.3) is 0 Å². The van der Waals surface area contributed by atoms with E-state index in [9.17, 15) is 9.59 Å². The lowest BCUT2D eigenvalue weighted by atomic mass is 9.96. The number of aromatic nitrogens is 2. The van der Waals surface area contributed by atoms with Crippen LogP contribution in [0.5, 0.6) is 0 Å². The monoisotopic (exact) mass is 342 g/mol. The standard InChI is InChI=1S/C19H26N4O2/c1-13(2)23-12-21-17-10-15(4-5-18(17)23)11-20-19(25)16-6-8-22(9-7-16)14(3)24/h4-5,10,12-13,16H,6-9,11H2,1-3H3,(H,20,25). The van der Waals surface area contributed by atoms with Crippen LogP contribution in [0.4, 0.5) is 0 Å². The summed E-state index contributed by atoms with van der Waals surface area (Å²) in [5, 5.41) is 3.03. The van der Waals surface area contributed by atoms with E-state index in [2.05, 4.69) is 34.8 Å². The van der Waals surface area contributed by atoms with Gasteiger partial charge in [-0.3, -0.25) is 9.59 Å². The Hall–Kier alpha value is -2.37. The number of likely N-dealkylation sites (tertiary alicyclic amines) is 1. The molecule has 3 rings (SSSR count). The van der Waals surface area contributed by atoms with Gasteiger partial charge in [0.05, 0.1) is 17.4 Å². The number of benzene rings is 1. The molecule has 0 unspecified atom stereocenters. The first-order valence-electron chi connectivity index (χ1n) is 8.94. The van der Waals surface area contributed by atoms with Gasteiger partial charge >= 0.3 is 0 Å². The van der Waals surface area contributed by atoms with Crippen LogP contribution in [0.15, 0.2) is 24.5 Å². The van der Waals surface area contributed by atoms with E-state index >= 15 is 0 Å². The van der Waals surface area contributed by atoms with Crippen LogP contribution in [0.1, 0.15) is 45.2 Å². The summed E-state index contributed by atoms with van der Waals surface area (Å²) in [4.78, 5) is 30.0. The van der Waals surface area contributed by atoms with Gasteiger partial charge in [0.1, 0.15) is 0 Å². The number of carbonyl (C=O) groups excluding carboxylic acids is 2. The number of hydrogen-bond donors (Lipinski definition) is 1. The van der Waals surface area contributed by atoms with Crippen molar-refractivity contribution in [3.05, 3.63) is 30.1 Å². The van der Waals surface area contributed by atoms with Crippen LogP contribution >= 0.6 is 0 Å². The molecular formula is C19H26N4O2. The fourth-order valence-electron chi connectivity index (χ4n) is 3.39. The number of piperidine rings is 1. The first-order valence-corrected chi connectivity index (χ1v) is 8.94. The van der Waals surface area contributed by atoms with Gasteiger partial charge in [0.2, 0.25) is 11.8 Å². The molecule has 0 saturated carbocycles. The molecule has 2 heterocycles. The number of fused-ring (bicyclic) bond motifs is 1. The average Bonchev–Trinajstić information content (AvgIpc) is 3.03. The van der Waals surface area contributed by atoms with Crippen molar-refractivity contribution >= 4 is 22.8 Å². The number of carbonyl (C=O) groups is 2. The van der Waals surface area contributed by atoms with Gasteiger partial charge in [-0.2, -0.15) is 0 Å². The summed E-state index contributed by atoms with van der Waals surface area (Å²) in [5.74, 6) is 0.170. The lowest BCUT2D eigenvalue weighted by Gasteiger charge is -2.30. The predicted octanol–water partition coefficient (Wildman–Crippen LogP) is 2.49. The van der Waals surface area contributed by atoms with Gasteiger partial charge in [-0.15, -0.1) is 0 Å². The number of imidazole rings is 1. The van der Waals surface area contributed by atoms with Crippen molar-refractivity contribution in [1.29, 1.82) is 0 Å². The second-order valence-corrected chi connectivity index (χ2v) is 7.07. The molecule has 0 aliphatic carbocycles. The maximum Gasteiger partial charge on any atom is 0.223 e. The number of nitrogens with zero attached hydrogens (tertiary/aromatic N) is 3. The molecule has 1 N–H and O–H groups in total. The van der Waals surface area contributed by atoms with E-state index in [1.54, 1.807) is 6.92 Å². The molecule has 1 aliphatic heterocycles. The topological polar surface area (TPSA) is 67.2 Å². The van der Waals surface area contributed by atoms with E-state index < -0.39 is 0 Å². The molecule has 0 atom stereocenters. The fraction of sp³-hybridized carbons (Fsp3) is 0.526. The summed E-state index contributed by atoms with van der Waals surface area (Å²) < 4.78 is 2.14. The Morgan fingerprint density at radius 2 is 2.00 bits per heavy atom. The summed E-state index contributed by atoms with van der Waals surface area (Å²) in [6, 6.07) is 6.51. The van der Waals surface area contributed by atoms with Crippen molar-refractivity contribution in [3.63, 3.8) is 0 Å². The first-order chi connectivity index (χ1) is 12.0. The van der Waals surface area contributed by atoms with Crippen molar-refractivity contribution in [2.24, 2.45) is 5.92 Å². The average molecular weight is 342 g/mol. The van der Waals surface area contributed by atoms with Crippen LogP contribution < -0.4 is 5.32 Å². The second-order valence-electron chi connectivity index (χ2n) is 7.07. The second kappa shape index (κ2) is 7.25. The Kier molecular flexibility index (Phi) is 5.06. The van der Waals surface area contributed by atoms with Crippen molar-refractivity contribution in [3.8, 4) is 0 Å². The first kappa shape index (κ1) is 17.5. The van der Waals surface area contributed by atoms with Crippen molar-refractivity contribution in [2.75, 3.05) is 13.1 Å². The third-order valence-electron chi connectivity index (χ3n) is 4.97. The highest BCUT2D eigenvalue weighted by molar-refractivity contribution is 5.80. The molecule has 0 bridgehead atoms. The van der Waals surface area contributed by atoms with Crippen molar-refractivity contribution in [1.82, 2.24) is 19.8 Å². The number of nitrogens with one attached hydrogen (secondary N) is 1. The Morgan fingerprint density at radius 3 is 2.64 bits per heavy atom. The van der Waals surface area contributed by atoms with E-state index in [-0.39, 0.29) is 17.7 Å². The molecule has 1 aromatic heterocycles. The predicted molar refractivity (Wildman–Crippen MR) is 96.9 cm³/mol. The highest BCUT2D eigenvalue weighted by atomic mass is 16.2. The van der Waals surface area contributed by atoms with E-state index in [0.717, 1.165) is 29.4 Å². The van der Waals surface area contributed by atoms with Crippen molar-refractivity contribution < 1.29 is 9.59 Å². The van der Waals surface area contributed by atoms with Crippen LogP contribution in [-0.4, -0.2) is 39.4 Å². The van der Waals surface area contributed by atoms with Gasteiger partial charge < -0.3 is 14.8 Å². The van der Waals surface area contributed by atoms with Crippen LogP contribution in [0.3, 0.4) is 0 Å². The highest BCUT2D eigenvalue weighted by Crippen LogP contribution is 2.20. The Morgan fingerprint density at radius 1 is 1.28 bits per heavy atom. The molecular weight excluding hydrogens is 316 g/mol. The molecule has 134 valence electrons. The molecule has 6 heteroatoms. The maximum absolute atomic E-state index is 12.4. The maximum atomic E-state index is 12.4. The molecule has 25 heavy (non-hydrogen) atoms. The molecule has 1 fully saturated rings. The minimum Gasteiger partial charge on any atom is -0.352 e. The third-order valence-corrected chi connectivity index (χ3v) is 4.97. The molecule has 1 saturated heterocycles. The normalized spacial score (nSPS) is 15.8. The Labute approximate surface area is 148 Å². The summed E-state index contributed by atoms with van der Waals surface area (Å²) in [7, 11) is 0. The number of hydrogen-bond acceptors (Lipinski definition) is 3. The molecule has 2 aromatic rings. The molecule has 6 nitrogen and oxygen atoms in total. The molecule has 1 aliphatic rings. The van der Waals surface area contributed by atoms with Gasteiger partial charge in [0.15, 0.2) is 0 Å². The van der Waals surface area contributed by atoms with E-state index in [4.69, 9.17) is 0 Å². The fourth-order valence-corrected chi connectivity index (χ4v) is 3.39. The van der Waals surface area contributed by atoms with E-state index in [0.29, 0.717) is 25.7 Å². The van der Waals surface area contributed by atoms with Crippen LogP contribution in [0.25, 0.3) is 11.0 Å². The lowest BCUT2D eigenvalue weighted by Crippen LogP contribution is -2.42. The zero-order valence-corrected chi connectivity index (χ0v) is 15.2. The van der Waals surface area contributed by atoms with Crippen molar-refractivity contribution in [2.45, 2.75) is 46.2 Å². The van der Waals surface area contributed by atoms with E-state index in [1.807, 2.05) is 23.4 Å². The van der Waals surface area contributed by atoms with Gasteiger partial charge in [0, 0.05) is 38.5 Å². The minimum atomic E-state index is -0.000481. The number of amides is 2. The quantitative estimate of drug-likeness (QED) is 0.928. The molecule has 0 spiro atoms. The third kappa shape index (κ3) is 3.83. The highest BCUT2D eigenvalue weighted by Gasteiger charge is 2.25. The SMILES string of the molecule is CC(=O)N1CCC(C(=O)NCc2ccc3c(c2)ncn3C(C)C)CC1. The van der Waals surface area contributed by atoms with Crippen LogP contribution in [-0.2, 0) is 16.1 Å². The summed E-state index contributed by atoms with van der Waals surface area (Å²) in [5.41, 5.74) is 3.12. The summed E-state index contributed by atoms with van der Waals surface area (Å²) in [6.07, 6.45) is 3.34. The van der Waals surface area contributed by atoms with Crippen LogP contribution in [0, 0.1) is 5.92 Å². The lowest BCUT2D eigenvalue weighted by molar-refractivity contribution is -0.134. The van der Waals surface area contributed by atoms with Gasteiger partial charge in [-0.1, -0.05) is 6.07 Å². The summed E-state index contributed by atoms with van der Waals surface area (Å²) in [6.45, 7) is 7.70. The Balaban J connectivity index is 1.57. The van der Waals surface area contributed by atoms with Gasteiger partial charge in [-0.05, 0) is 44.4 Å². The largest absolute Gasteiger partial charge is 0.352 e. The Bertz CT molecular complexity index is 773. The molecule has 1 aromatic carbocycles.